The van der Waals surface area contributed by atoms with Crippen molar-refractivity contribution in [2.75, 3.05) is 39.3 Å². The molecule has 0 radical (unpaired) electrons. The number of hydrogen-bond donors (Lipinski definition) is 1. The monoisotopic (exact) mass is 359 g/mol. The van der Waals surface area contributed by atoms with Gasteiger partial charge in [0, 0.05) is 32.7 Å². The summed E-state index contributed by atoms with van der Waals surface area (Å²) in [7, 11) is 0. The first-order chi connectivity index (χ1) is 12.7. The number of carbonyl (C=O) groups is 1. The summed E-state index contributed by atoms with van der Waals surface area (Å²) in [6.07, 6.45) is 5.03. The summed E-state index contributed by atoms with van der Waals surface area (Å²) in [5.74, 6) is 0.294. The molecule has 2 heterocycles. The largest absolute Gasteiger partial charge is 0.392 e. The van der Waals surface area contributed by atoms with E-state index in [2.05, 4.69) is 22.8 Å². The molecule has 144 valence electrons. The van der Waals surface area contributed by atoms with Gasteiger partial charge in [-0.3, -0.25) is 14.6 Å². The number of carbonyl (C=O) groups excluding carboxylic acids is 1. The van der Waals surface area contributed by atoms with Gasteiger partial charge in [-0.2, -0.15) is 0 Å². The molecule has 2 saturated heterocycles. The maximum Gasteiger partial charge on any atom is 0.239 e. The van der Waals surface area contributed by atoms with Gasteiger partial charge in [0.1, 0.15) is 0 Å². The Balaban J connectivity index is 1.50. The zero-order valence-electron chi connectivity index (χ0n) is 16.1. The second-order valence-electron chi connectivity index (χ2n) is 7.65. The molecular formula is C21H33N3O2. The van der Waals surface area contributed by atoms with Crippen LogP contribution in [0.5, 0.6) is 0 Å². The SMILES string of the molecule is C[C@@H](C(=O)N1CCN(Cc2ccccc2CO)CC1)N1CCCCCC1. The third kappa shape index (κ3) is 4.84. The first-order valence-electron chi connectivity index (χ1n) is 10.1. The standard InChI is InChI=1S/C21H33N3O2/c1-18(23-10-6-2-3-7-11-23)21(26)24-14-12-22(13-15-24)16-19-8-4-5-9-20(19)17-25/h4-5,8-9,18,25H,2-3,6-7,10-17H2,1H3/t18-/m0/s1. The fourth-order valence-corrected chi connectivity index (χ4v) is 4.14. The topological polar surface area (TPSA) is 47.0 Å². The fraction of sp³-hybridized carbons (Fsp3) is 0.667. The van der Waals surface area contributed by atoms with E-state index in [-0.39, 0.29) is 12.6 Å². The molecule has 2 fully saturated rings. The molecule has 1 N–H and O–H groups in total. The lowest BCUT2D eigenvalue weighted by atomic mass is 10.1. The zero-order valence-corrected chi connectivity index (χ0v) is 16.1. The highest BCUT2D eigenvalue weighted by Gasteiger charge is 2.28. The van der Waals surface area contributed by atoms with Gasteiger partial charge in [-0.15, -0.1) is 0 Å². The van der Waals surface area contributed by atoms with Crippen LogP contribution in [0.15, 0.2) is 24.3 Å². The van der Waals surface area contributed by atoms with Crippen LogP contribution in [0.4, 0.5) is 0 Å². The normalized spacial score (nSPS) is 21.4. The second kappa shape index (κ2) is 9.49. The fourth-order valence-electron chi connectivity index (χ4n) is 4.14. The van der Waals surface area contributed by atoms with E-state index in [4.69, 9.17) is 0 Å². The van der Waals surface area contributed by atoms with Crippen molar-refractivity contribution in [2.45, 2.75) is 51.8 Å². The van der Waals surface area contributed by atoms with Gasteiger partial charge in [-0.05, 0) is 44.0 Å². The van der Waals surface area contributed by atoms with Crippen LogP contribution in [0.1, 0.15) is 43.7 Å². The van der Waals surface area contributed by atoms with Gasteiger partial charge in [-0.25, -0.2) is 0 Å². The van der Waals surface area contributed by atoms with E-state index in [0.29, 0.717) is 5.91 Å². The first-order valence-corrected chi connectivity index (χ1v) is 10.1. The van der Waals surface area contributed by atoms with Crippen molar-refractivity contribution in [1.29, 1.82) is 0 Å². The molecule has 1 amide bonds. The number of benzene rings is 1. The van der Waals surface area contributed by atoms with Gasteiger partial charge < -0.3 is 10.0 Å². The smallest absolute Gasteiger partial charge is 0.239 e. The molecule has 0 aromatic heterocycles. The van der Waals surface area contributed by atoms with E-state index in [1.54, 1.807) is 0 Å². The Morgan fingerprint density at radius 3 is 2.19 bits per heavy atom. The van der Waals surface area contributed by atoms with Crippen molar-refractivity contribution >= 4 is 5.91 Å². The summed E-state index contributed by atoms with van der Waals surface area (Å²) < 4.78 is 0. The minimum absolute atomic E-state index is 0.00904. The molecule has 0 spiro atoms. The predicted octanol–water partition coefficient (Wildman–Crippen LogP) is 2.09. The number of amides is 1. The van der Waals surface area contributed by atoms with Crippen LogP contribution in [0.2, 0.25) is 0 Å². The Bertz CT molecular complexity index is 576. The van der Waals surface area contributed by atoms with Crippen LogP contribution in [0.25, 0.3) is 0 Å². The van der Waals surface area contributed by atoms with Gasteiger partial charge in [0.25, 0.3) is 0 Å². The van der Waals surface area contributed by atoms with Gasteiger partial charge in [0.2, 0.25) is 5.91 Å². The molecule has 5 heteroatoms. The van der Waals surface area contributed by atoms with E-state index in [1.165, 1.54) is 31.2 Å². The van der Waals surface area contributed by atoms with Crippen LogP contribution in [0, 0.1) is 0 Å². The van der Waals surface area contributed by atoms with E-state index < -0.39 is 0 Å². The molecule has 0 bridgehead atoms. The third-order valence-corrected chi connectivity index (χ3v) is 5.91. The highest BCUT2D eigenvalue weighted by atomic mass is 16.3. The lowest BCUT2D eigenvalue weighted by Crippen LogP contribution is -2.54. The number of likely N-dealkylation sites (tertiary alicyclic amines) is 1. The molecule has 0 saturated carbocycles. The van der Waals surface area contributed by atoms with Gasteiger partial charge in [0.15, 0.2) is 0 Å². The molecule has 1 aromatic carbocycles. The first kappa shape index (κ1) is 19.3. The Hall–Kier alpha value is -1.43. The van der Waals surface area contributed by atoms with Crippen molar-refractivity contribution in [1.82, 2.24) is 14.7 Å². The van der Waals surface area contributed by atoms with Crippen LogP contribution in [-0.2, 0) is 17.9 Å². The minimum Gasteiger partial charge on any atom is -0.392 e. The lowest BCUT2D eigenvalue weighted by Gasteiger charge is -2.38. The van der Waals surface area contributed by atoms with Crippen molar-refractivity contribution in [3.63, 3.8) is 0 Å². The van der Waals surface area contributed by atoms with Crippen molar-refractivity contribution in [3.05, 3.63) is 35.4 Å². The molecule has 0 unspecified atom stereocenters. The van der Waals surface area contributed by atoms with E-state index in [9.17, 15) is 9.90 Å². The summed E-state index contributed by atoms with van der Waals surface area (Å²) >= 11 is 0. The molecular weight excluding hydrogens is 326 g/mol. The number of aliphatic hydroxyl groups is 1. The maximum atomic E-state index is 12.9. The molecule has 5 nitrogen and oxygen atoms in total. The zero-order chi connectivity index (χ0) is 18.4. The van der Waals surface area contributed by atoms with Crippen molar-refractivity contribution in [2.24, 2.45) is 0 Å². The Labute approximate surface area is 157 Å². The number of rotatable bonds is 5. The van der Waals surface area contributed by atoms with E-state index in [1.807, 2.05) is 23.1 Å². The quantitative estimate of drug-likeness (QED) is 0.874. The summed E-state index contributed by atoms with van der Waals surface area (Å²) in [6.45, 7) is 8.54. The summed E-state index contributed by atoms with van der Waals surface area (Å²) in [5.41, 5.74) is 2.19. The summed E-state index contributed by atoms with van der Waals surface area (Å²) in [5, 5.41) is 9.49. The highest BCUT2D eigenvalue weighted by Crippen LogP contribution is 2.17. The Morgan fingerprint density at radius 1 is 0.962 bits per heavy atom. The third-order valence-electron chi connectivity index (χ3n) is 5.91. The number of aliphatic hydroxyl groups excluding tert-OH is 1. The van der Waals surface area contributed by atoms with Gasteiger partial charge in [0.05, 0.1) is 12.6 Å². The maximum absolute atomic E-state index is 12.9. The average molecular weight is 360 g/mol. The van der Waals surface area contributed by atoms with Gasteiger partial charge in [-0.1, -0.05) is 37.1 Å². The molecule has 3 rings (SSSR count). The summed E-state index contributed by atoms with van der Waals surface area (Å²) in [6, 6.07) is 8.07. The van der Waals surface area contributed by atoms with Crippen LogP contribution < -0.4 is 0 Å². The highest BCUT2D eigenvalue weighted by molar-refractivity contribution is 5.81. The number of piperazine rings is 1. The predicted molar refractivity (Wildman–Crippen MR) is 104 cm³/mol. The molecule has 2 aliphatic rings. The lowest BCUT2D eigenvalue weighted by molar-refractivity contribution is -0.138. The van der Waals surface area contributed by atoms with Crippen LogP contribution in [0.3, 0.4) is 0 Å². The molecule has 0 aliphatic carbocycles. The minimum atomic E-state index is 0.00904. The second-order valence-corrected chi connectivity index (χ2v) is 7.65. The summed E-state index contributed by atoms with van der Waals surface area (Å²) in [4.78, 5) is 19.7. The van der Waals surface area contributed by atoms with Crippen molar-refractivity contribution in [3.8, 4) is 0 Å². The molecule has 2 aliphatic heterocycles. The average Bonchev–Trinajstić information content (AvgIpc) is 2.97. The van der Waals surface area contributed by atoms with E-state index in [0.717, 1.165) is 51.4 Å². The Morgan fingerprint density at radius 2 is 1.58 bits per heavy atom. The van der Waals surface area contributed by atoms with Crippen molar-refractivity contribution < 1.29 is 9.90 Å². The molecule has 1 aromatic rings. The number of nitrogens with zero attached hydrogens (tertiary/aromatic N) is 3. The molecule has 26 heavy (non-hydrogen) atoms. The molecule has 1 atom stereocenters. The van der Waals surface area contributed by atoms with Gasteiger partial charge >= 0.3 is 0 Å². The number of hydrogen-bond acceptors (Lipinski definition) is 4. The van der Waals surface area contributed by atoms with Crippen LogP contribution >= 0.6 is 0 Å². The van der Waals surface area contributed by atoms with E-state index >= 15 is 0 Å². The Kier molecular flexibility index (Phi) is 7.06. The van der Waals surface area contributed by atoms with Crippen LogP contribution in [-0.4, -0.2) is 71.0 Å².